The van der Waals surface area contributed by atoms with Crippen LogP contribution in [0.25, 0.3) is 0 Å². The Labute approximate surface area is 89.6 Å². The van der Waals surface area contributed by atoms with E-state index in [0.29, 0.717) is 17.9 Å². The molecule has 0 heterocycles. The van der Waals surface area contributed by atoms with Gasteiger partial charge in [0.25, 0.3) is 0 Å². The van der Waals surface area contributed by atoms with Crippen LogP contribution in [0.4, 0.5) is 4.39 Å². The molecule has 0 saturated carbocycles. The summed E-state index contributed by atoms with van der Waals surface area (Å²) >= 11 is 0. The summed E-state index contributed by atoms with van der Waals surface area (Å²) in [5.74, 6) is 0.353. The van der Waals surface area contributed by atoms with Crippen LogP contribution < -0.4 is 10.5 Å². The van der Waals surface area contributed by atoms with Crippen molar-refractivity contribution >= 4 is 0 Å². The van der Waals surface area contributed by atoms with Gasteiger partial charge < -0.3 is 10.5 Å². The first-order valence-electron chi connectivity index (χ1n) is 4.94. The molecule has 1 atom stereocenters. The zero-order chi connectivity index (χ0) is 11.3. The van der Waals surface area contributed by atoms with Crippen LogP contribution in [0.1, 0.15) is 24.9 Å². The highest BCUT2D eigenvalue weighted by molar-refractivity contribution is 5.36. The highest BCUT2D eigenvalue weighted by Gasteiger charge is 2.08. The lowest BCUT2D eigenvalue weighted by molar-refractivity contribution is 0.319. The van der Waals surface area contributed by atoms with Gasteiger partial charge in [0, 0.05) is 11.6 Å². The third kappa shape index (κ3) is 3.36. The Hall–Kier alpha value is -1.35. The van der Waals surface area contributed by atoms with E-state index in [1.54, 1.807) is 19.1 Å². The Balaban J connectivity index is 2.81. The van der Waals surface area contributed by atoms with Crippen molar-refractivity contribution in [2.75, 3.05) is 6.61 Å². The SMILES string of the molecule is C=CCCOc1ccc(F)cc1C(C)N. The van der Waals surface area contributed by atoms with Crippen LogP contribution in [0.2, 0.25) is 0 Å². The number of benzene rings is 1. The molecule has 15 heavy (non-hydrogen) atoms. The molecular weight excluding hydrogens is 193 g/mol. The molecule has 2 nitrogen and oxygen atoms in total. The van der Waals surface area contributed by atoms with Crippen LogP contribution in [0, 0.1) is 5.82 Å². The molecule has 82 valence electrons. The number of halogens is 1. The van der Waals surface area contributed by atoms with Crippen LogP contribution in [-0.2, 0) is 0 Å². The summed E-state index contributed by atoms with van der Waals surface area (Å²) in [6.45, 7) is 5.94. The molecule has 0 saturated heterocycles. The molecule has 1 rings (SSSR count). The predicted octanol–water partition coefficient (Wildman–Crippen LogP) is 2.80. The minimum absolute atomic E-state index is 0.237. The standard InChI is InChI=1S/C12H16FNO/c1-3-4-7-15-12-6-5-10(13)8-11(12)9(2)14/h3,5-6,8-9H,1,4,7,14H2,2H3. The fourth-order valence-electron chi connectivity index (χ4n) is 1.26. The zero-order valence-electron chi connectivity index (χ0n) is 8.87. The number of hydrogen-bond donors (Lipinski definition) is 1. The summed E-state index contributed by atoms with van der Waals surface area (Å²) < 4.78 is 18.4. The van der Waals surface area contributed by atoms with Gasteiger partial charge in [-0.15, -0.1) is 6.58 Å². The Kier molecular flexibility index (Phi) is 4.31. The van der Waals surface area contributed by atoms with Crippen LogP contribution in [0.3, 0.4) is 0 Å². The maximum absolute atomic E-state index is 13.0. The topological polar surface area (TPSA) is 35.2 Å². The third-order valence-corrected chi connectivity index (χ3v) is 2.04. The van der Waals surface area contributed by atoms with Crippen LogP contribution in [-0.4, -0.2) is 6.61 Å². The van der Waals surface area contributed by atoms with E-state index >= 15 is 0 Å². The molecule has 0 aliphatic rings. The number of hydrogen-bond acceptors (Lipinski definition) is 2. The fraction of sp³-hybridized carbons (Fsp3) is 0.333. The summed E-state index contributed by atoms with van der Waals surface area (Å²) in [4.78, 5) is 0. The molecular formula is C12H16FNO. The van der Waals surface area contributed by atoms with Gasteiger partial charge in [-0.2, -0.15) is 0 Å². The summed E-state index contributed by atoms with van der Waals surface area (Å²) in [5, 5.41) is 0. The van der Waals surface area contributed by atoms with Gasteiger partial charge in [0.1, 0.15) is 11.6 Å². The maximum atomic E-state index is 13.0. The molecule has 0 amide bonds. The molecule has 1 aromatic carbocycles. The van der Waals surface area contributed by atoms with Crippen molar-refractivity contribution in [2.45, 2.75) is 19.4 Å². The van der Waals surface area contributed by atoms with Crippen molar-refractivity contribution in [2.24, 2.45) is 5.73 Å². The largest absolute Gasteiger partial charge is 0.493 e. The fourth-order valence-corrected chi connectivity index (χ4v) is 1.26. The van der Waals surface area contributed by atoms with Crippen LogP contribution >= 0.6 is 0 Å². The Morgan fingerprint density at radius 1 is 1.60 bits per heavy atom. The normalized spacial score (nSPS) is 12.2. The lowest BCUT2D eigenvalue weighted by Crippen LogP contribution is -2.09. The first kappa shape index (κ1) is 11.7. The Morgan fingerprint density at radius 3 is 2.93 bits per heavy atom. The van der Waals surface area contributed by atoms with Gasteiger partial charge in [-0.1, -0.05) is 6.08 Å². The maximum Gasteiger partial charge on any atom is 0.124 e. The van der Waals surface area contributed by atoms with Crippen LogP contribution in [0.15, 0.2) is 30.9 Å². The Bertz CT molecular complexity index is 336. The van der Waals surface area contributed by atoms with Gasteiger partial charge in [0.2, 0.25) is 0 Å². The molecule has 0 aromatic heterocycles. The van der Waals surface area contributed by atoms with Gasteiger partial charge in [-0.25, -0.2) is 4.39 Å². The smallest absolute Gasteiger partial charge is 0.124 e. The van der Waals surface area contributed by atoms with E-state index < -0.39 is 0 Å². The minimum atomic E-state index is -0.293. The van der Waals surface area contributed by atoms with E-state index in [1.165, 1.54) is 12.1 Å². The number of ether oxygens (including phenoxy) is 1. The highest BCUT2D eigenvalue weighted by atomic mass is 19.1. The molecule has 0 bridgehead atoms. The second kappa shape index (κ2) is 5.51. The summed E-state index contributed by atoms with van der Waals surface area (Å²) in [7, 11) is 0. The quantitative estimate of drug-likeness (QED) is 0.597. The summed E-state index contributed by atoms with van der Waals surface area (Å²) in [6.07, 6.45) is 2.53. The number of nitrogens with two attached hydrogens (primary N) is 1. The van der Waals surface area contributed by atoms with Crippen molar-refractivity contribution in [3.8, 4) is 5.75 Å². The van der Waals surface area contributed by atoms with Gasteiger partial charge in [0.15, 0.2) is 0 Å². The van der Waals surface area contributed by atoms with Crippen molar-refractivity contribution in [1.29, 1.82) is 0 Å². The molecule has 0 fully saturated rings. The lowest BCUT2D eigenvalue weighted by Gasteiger charge is -2.13. The van der Waals surface area contributed by atoms with Crippen molar-refractivity contribution in [3.05, 3.63) is 42.2 Å². The molecule has 1 aromatic rings. The summed E-state index contributed by atoms with van der Waals surface area (Å²) in [5.41, 5.74) is 6.41. The van der Waals surface area contributed by atoms with E-state index in [4.69, 9.17) is 10.5 Å². The summed E-state index contributed by atoms with van der Waals surface area (Å²) in [6, 6.07) is 4.15. The van der Waals surface area contributed by atoms with Gasteiger partial charge in [-0.3, -0.25) is 0 Å². The van der Waals surface area contributed by atoms with Gasteiger partial charge in [0.05, 0.1) is 6.61 Å². The monoisotopic (exact) mass is 209 g/mol. The van der Waals surface area contributed by atoms with E-state index in [9.17, 15) is 4.39 Å². The molecule has 0 spiro atoms. The second-order valence-electron chi connectivity index (χ2n) is 3.40. The minimum Gasteiger partial charge on any atom is -0.493 e. The van der Waals surface area contributed by atoms with Crippen molar-refractivity contribution in [1.82, 2.24) is 0 Å². The highest BCUT2D eigenvalue weighted by Crippen LogP contribution is 2.24. The van der Waals surface area contributed by atoms with Gasteiger partial charge >= 0.3 is 0 Å². The second-order valence-corrected chi connectivity index (χ2v) is 3.40. The van der Waals surface area contributed by atoms with Crippen LogP contribution in [0.5, 0.6) is 5.75 Å². The van der Waals surface area contributed by atoms with Crippen molar-refractivity contribution < 1.29 is 9.13 Å². The first-order valence-corrected chi connectivity index (χ1v) is 4.94. The number of rotatable bonds is 5. The third-order valence-electron chi connectivity index (χ3n) is 2.04. The molecule has 1 unspecified atom stereocenters. The molecule has 2 N–H and O–H groups in total. The van der Waals surface area contributed by atoms with E-state index in [0.717, 1.165) is 6.42 Å². The predicted molar refractivity (Wildman–Crippen MR) is 59.3 cm³/mol. The average Bonchev–Trinajstić information content (AvgIpc) is 2.20. The lowest BCUT2D eigenvalue weighted by atomic mass is 10.1. The molecule has 0 aliphatic heterocycles. The van der Waals surface area contributed by atoms with Crippen molar-refractivity contribution in [3.63, 3.8) is 0 Å². The molecule has 0 aliphatic carbocycles. The van der Waals surface area contributed by atoms with Gasteiger partial charge in [-0.05, 0) is 31.5 Å². The van der Waals surface area contributed by atoms with E-state index in [-0.39, 0.29) is 11.9 Å². The molecule has 3 heteroatoms. The zero-order valence-corrected chi connectivity index (χ0v) is 8.87. The molecule has 0 radical (unpaired) electrons. The van der Waals surface area contributed by atoms with E-state index in [2.05, 4.69) is 6.58 Å². The average molecular weight is 209 g/mol. The first-order chi connectivity index (χ1) is 7.15. The van der Waals surface area contributed by atoms with E-state index in [1.807, 2.05) is 0 Å². The Morgan fingerprint density at radius 2 is 2.33 bits per heavy atom.